The summed E-state index contributed by atoms with van der Waals surface area (Å²) in [4.78, 5) is 11.8. The van der Waals surface area contributed by atoms with Crippen LogP contribution in [0.2, 0.25) is 0 Å². The van der Waals surface area contributed by atoms with Gasteiger partial charge in [0.25, 0.3) is 0 Å². The van der Waals surface area contributed by atoms with E-state index in [4.69, 9.17) is 5.73 Å². The summed E-state index contributed by atoms with van der Waals surface area (Å²) in [6.07, 6.45) is 6.38. The highest BCUT2D eigenvalue weighted by Gasteiger charge is 2.29. The average molecular weight is 225 g/mol. The molecular formula is C12H23N3O. The number of rotatable bonds is 4. The molecule has 1 saturated carbocycles. The van der Waals surface area contributed by atoms with E-state index in [9.17, 15) is 4.79 Å². The molecule has 1 atom stereocenters. The van der Waals surface area contributed by atoms with Gasteiger partial charge in [-0.05, 0) is 18.8 Å². The van der Waals surface area contributed by atoms with E-state index in [1.54, 1.807) is 0 Å². The zero-order valence-corrected chi connectivity index (χ0v) is 9.87. The van der Waals surface area contributed by atoms with Crippen molar-refractivity contribution in [1.29, 1.82) is 0 Å². The van der Waals surface area contributed by atoms with Crippen molar-refractivity contribution in [2.24, 2.45) is 17.6 Å². The fraction of sp³-hybridized carbons (Fsp3) is 0.917. The normalized spacial score (nSPS) is 24.8. The molecular weight excluding hydrogens is 202 g/mol. The van der Waals surface area contributed by atoms with Crippen LogP contribution in [0.4, 0.5) is 0 Å². The minimum Gasteiger partial charge on any atom is -0.351 e. The molecule has 2 rings (SSSR count). The Morgan fingerprint density at radius 2 is 2.00 bits per heavy atom. The van der Waals surface area contributed by atoms with Crippen LogP contribution >= 0.6 is 0 Å². The fourth-order valence-corrected chi connectivity index (χ4v) is 2.68. The third kappa shape index (κ3) is 2.74. The van der Waals surface area contributed by atoms with Crippen molar-refractivity contribution in [2.45, 2.75) is 38.1 Å². The van der Waals surface area contributed by atoms with Crippen LogP contribution in [0.3, 0.4) is 0 Å². The Morgan fingerprint density at radius 3 is 2.50 bits per heavy atom. The number of hydrogen-bond donors (Lipinski definition) is 3. The van der Waals surface area contributed by atoms with Gasteiger partial charge in [-0.25, -0.2) is 0 Å². The fourth-order valence-electron chi connectivity index (χ4n) is 2.68. The molecule has 1 aliphatic carbocycles. The monoisotopic (exact) mass is 225 g/mol. The lowest BCUT2D eigenvalue weighted by Gasteiger charge is -2.33. The first-order chi connectivity index (χ1) is 7.81. The lowest BCUT2D eigenvalue weighted by Crippen LogP contribution is -2.55. The first-order valence-electron chi connectivity index (χ1n) is 6.52. The molecule has 2 fully saturated rings. The summed E-state index contributed by atoms with van der Waals surface area (Å²) >= 11 is 0. The smallest absolute Gasteiger partial charge is 0.225 e. The maximum absolute atomic E-state index is 11.8. The predicted octanol–water partition coefficient (Wildman–Crippen LogP) is 0.230. The van der Waals surface area contributed by atoms with Gasteiger partial charge in [-0.15, -0.1) is 0 Å². The second-order valence-electron chi connectivity index (χ2n) is 5.10. The average Bonchev–Trinajstić information content (AvgIpc) is 2.24. The van der Waals surface area contributed by atoms with Crippen LogP contribution in [0.15, 0.2) is 0 Å². The molecule has 92 valence electrons. The Hall–Kier alpha value is -0.610. The van der Waals surface area contributed by atoms with E-state index in [-0.39, 0.29) is 17.9 Å². The maximum Gasteiger partial charge on any atom is 0.225 e. The van der Waals surface area contributed by atoms with Crippen molar-refractivity contribution >= 4 is 5.91 Å². The molecule has 4 heteroatoms. The van der Waals surface area contributed by atoms with E-state index in [0.717, 1.165) is 13.1 Å². The third-order valence-corrected chi connectivity index (χ3v) is 3.95. The molecule has 0 spiro atoms. The van der Waals surface area contributed by atoms with Crippen LogP contribution in [0, 0.1) is 11.8 Å². The highest BCUT2D eigenvalue weighted by molar-refractivity contribution is 5.80. The van der Waals surface area contributed by atoms with E-state index in [0.29, 0.717) is 12.5 Å². The molecule has 4 nitrogen and oxygen atoms in total. The van der Waals surface area contributed by atoms with E-state index in [2.05, 4.69) is 10.6 Å². The van der Waals surface area contributed by atoms with Gasteiger partial charge in [0, 0.05) is 25.7 Å². The van der Waals surface area contributed by atoms with Crippen molar-refractivity contribution in [1.82, 2.24) is 10.6 Å². The number of nitrogens with two attached hydrogens (primary N) is 1. The number of amides is 1. The number of nitrogens with one attached hydrogen (secondary N) is 2. The predicted molar refractivity (Wildman–Crippen MR) is 63.9 cm³/mol. The van der Waals surface area contributed by atoms with Crippen molar-refractivity contribution in [3.63, 3.8) is 0 Å². The molecule has 1 unspecified atom stereocenters. The van der Waals surface area contributed by atoms with Crippen molar-refractivity contribution in [3.8, 4) is 0 Å². The van der Waals surface area contributed by atoms with Crippen LogP contribution in [0.25, 0.3) is 0 Å². The molecule has 4 N–H and O–H groups in total. The quantitative estimate of drug-likeness (QED) is 0.641. The SMILES string of the molecule is NCC(NC(=O)C1CNC1)C1CCCCC1. The van der Waals surface area contributed by atoms with Crippen LogP contribution in [-0.4, -0.2) is 31.6 Å². The largest absolute Gasteiger partial charge is 0.351 e. The standard InChI is InChI=1S/C12H23N3O/c13-6-11(9-4-2-1-3-5-9)15-12(16)10-7-14-8-10/h9-11,14H,1-8,13H2,(H,15,16). The Morgan fingerprint density at radius 1 is 1.31 bits per heavy atom. The summed E-state index contributed by atoms with van der Waals surface area (Å²) in [5, 5.41) is 6.26. The van der Waals surface area contributed by atoms with Crippen molar-refractivity contribution in [2.75, 3.05) is 19.6 Å². The number of carbonyl (C=O) groups is 1. The van der Waals surface area contributed by atoms with Crippen LogP contribution in [0.1, 0.15) is 32.1 Å². The van der Waals surface area contributed by atoms with E-state index in [1.807, 2.05) is 0 Å². The summed E-state index contributed by atoms with van der Waals surface area (Å²) < 4.78 is 0. The van der Waals surface area contributed by atoms with Gasteiger partial charge in [0.05, 0.1) is 5.92 Å². The molecule has 0 bridgehead atoms. The Balaban J connectivity index is 1.81. The van der Waals surface area contributed by atoms with Gasteiger partial charge < -0.3 is 16.4 Å². The minimum absolute atomic E-state index is 0.178. The summed E-state index contributed by atoms with van der Waals surface area (Å²) in [6, 6.07) is 0.202. The van der Waals surface area contributed by atoms with Crippen molar-refractivity contribution < 1.29 is 4.79 Å². The lowest BCUT2D eigenvalue weighted by molar-refractivity contribution is -0.127. The molecule has 16 heavy (non-hydrogen) atoms. The Kier molecular flexibility index (Phi) is 4.18. The minimum atomic E-state index is 0.178. The first-order valence-corrected chi connectivity index (χ1v) is 6.52. The molecule has 0 aromatic carbocycles. The van der Waals surface area contributed by atoms with Gasteiger partial charge in [0.15, 0.2) is 0 Å². The van der Waals surface area contributed by atoms with Gasteiger partial charge in [-0.2, -0.15) is 0 Å². The molecule has 1 amide bonds. The summed E-state index contributed by atoms with van der Waals surface area (Å²) in [6.45, 7) is 2.23. The first kappa shape index (κ1) is 11.9. The second-order valence-corrected chi connectivity index (χ2v) is 5.10. The summed E-state index contributed by atoms with van der Waals surface area (Å²) in [5.41, 5.74) is 5.78. The number of hydrogen-bond acceptors (Lipinski definition) is 3. The maximum atomic E-state index is 11.8. The molecule has 0 aromatic heterocycles. The molecule has 1 aliphatic heterocycles. The van der Waals surface area contributed by atoms with Gasteiger partial charge in [0.2, 0.25) is 5.91 Å². The van der Waals surface area contributed by atoms with Crippen LogP contribution < -0.4 is 16.4 Å². The third-order valence-electron chi connectivity index (χ3n) is 3.95. The zero-order chi connectivity index (χ0) is 11.4. The van der Waals surface area contributed by atoms with Crippen LogP contribution in [0.5, 0.6) is 0 Å². The van der Waals surface area contributed by atoms with Gasteiger partial charge >= 0.3 is 0 Å². The van der Waals surface area contributed by atoms with Gasteiger partial charge in [0.1, 0.15) is 0 Å². The molecule has 1 heterocycles. The Bertz CT molecular complexity index is 234. The second kappa shape index (κ2) is 5.64. The molecule has 2 aliphatic rings. The van der Waals surface area contributed by atoms with Gasteiger partial charge in [-0.3, -0.25) is 4.79 Å². The van der Waals surface area contributed by atoms with Gasteiger partial charge in [-0.1, -0.05) is 19.3 Å². The van der Waals surface area contributed by atoms with Crippen LogP contribution in [-0.2, 0) is 4.79 Å². The highest BCUT2D eigenvalue weighted by atomic mass is 16.2. The van der Waals surface area contributed by atoms with Crippen molar-refractivity contribution in [3.05, 3.63) is 0 Å². The highest BCUT2D eigenvalue weighted by Crippen LogP contribution is 2.26. The van der Waals surface area contributed by atoms with E-state index >= 15 is 0 Å². The Labute approximate surface area is 97.3 Å². The summed E-state index contributed by atoms with van der Waals surface area (Å²) in [7, 11) is 0. The molecule has 0 radical (unpaired) electrons. The number of carbonyl (C=O) groups excluding carboxylic acids is 1. The topological polar surface area (TPSA) is 67.1 Å². The summed E-state index contributed by atoms with van der Waals surface area (Å²) in [5.74, 6) is 0.980. The molecule has 0 aromatic rings. The van der Waals surface area contributed by atoms with E-state index in [1.165, 1.54) is 32.1 Å². The van der Waals surface area contributed by atoms with E-state index < -0.39 is 0 Å². The lowest BCUT2D eigenvalue weighted by atomic mass is 9.83. The zero-order valence-electron chi connectivity index (χ0n) is 9.87. The molecule has 1 saturated heterocycles.